The predicted molar refractivity (Wildman–Crippen MR) is 212 cm³/mol. The number of hydrogen-bond donors (Lipinski definition) is 4. The molecule has 2 aromatic heterocycles. The summed E-state index contributed by atoms with van der Waals surface area (Å²) in [6.07, 6.45) is -0.597. The Morgan fingerprint density at radius 3 is 1.63 bits per heavy atom. The fraction of sp³-hybridized carbons (Fsp3) is 0.268. The molecule has 0 aliphatic heterocycles. The molecule has 3 aromatic carbocycles. The van der Waals surface area contributed by atoms with Crippen LogP contribution in [-0.4, -0.2) is 61.4 Å². The lowest BCUT2D eigenvalue weighted by molar-refractivity contribution is -0.148. The first-order chi connectivity index (χ1) is 28.1. The van der Waals surface area contributed by atoms with Crippen LogP contribution in [0.15, 0.2) is 83.6 Å². The van der Waals surface area contributed by atoms with Crippen LogP contribution in [0.2, 0.25) is 0 Å². The molecular formula is C41H40F4N4O8S2. The topological polar surface area (TPSA) is 169 Å². The van der Waals surface area contributed by atoms with E-state index >= 15 is 0 Å². The molecule has 59 heavy (non-hydrogen) atoms. The molecule has 0 fully saturated rings. The van der Waals surface area contributed by atoms with Crippen LogP contribution in [0.25, 0.3) is 10.1 Å². The van der Waals surface area contributed by atoms with E-state index in [-0.39, 0.29) is 30.6 Å². The van der Waals surface area contributed by atoms with Crippen molar-refractivity contribution < 1.29 is 55.8 Å². The van der Waals surface area contributed by atoms with Gasteiger partial charge in [-0.05, 0) is 102 Å². The maximum atomic E-state index is 13.3. The minimum Gasteiger partial charge on any atom is -0.467 e. The molecule has 0 aliphatic carbocycles. The van der Waals surface area contributed by atoms with Crippen molar-refractivity contribution in [3.05, 3.63) is 128 Å². The number of esters is 2. The lowest BCUT2D eigenvalue weighted by Gasteiger charge is -2.21. The molecule has 12 nitrogen and oxygen atoms in total. The highest BCUT2D eigenvalue weighted by Gasteiger charge is 2.29. The SMILES string of the molecule is CCOC(=O)C(NC(=O)[C@H](C)NC(=O)Cc1cc(F)cc(F)c1)c1ccc2sccc2c1.COC(=O)[C@H](NC(=O)[C@H](C)NC(=O)Cc1cc(F)cc(F)c1)c1cccs1. The number of nitrogens with one attached hydrogen (secondary N) is 4. The Morgan fingerprint density at radius 2 is 1.15 bits per heavy atom. The van der Waals surface area contributed by atoms with E-state index in [2.05, 4.69) is 21.3 Å². The average Bonchev–Trinajstić information content (AvgIpc) is 3.87. The molecule has 4 N–H and O–H groups in total. The molecule has 2 heterocycles. The van der Waals surface area contributed by atoms with E-state index in [1.807, 2.05) is 17.5 Å². The first kappa shape index (κ1) is 45.6. The van der Waals surface area contributed by atoms with Crippen molar-refractivity contribution in [2.45, 2.75) is 57.8 Å². The molecule has 0 bridgehead atoms. The summed E-state index contributed by atoms with van der Waals surface area (Å²) in [5, 5.41) is 14.6. The summed E-state index contributed by atoms with van der Waals surface area (Å²) >= 11 is 2.83. The standard InChI is InChI=1S/C23H22F2N2O4S.C18H18F2N2O4S/c1-3-31-23(30)21(16-4-5-19-15(11-16)6-7-32-19)27-22(29)13(2)26-20(28)10-14-8-17(24)12-18(25)9-14;1-10(21-15(23)8-11-6-12(19)9-13(20)7-11)17(24)22-16(18(25)26-2)14-4-3-5-27-14/h4-9,11-13,21H,3,10H2,1-2H3,(H,26,28)(H,27,29);3-7,9-10,16H,8H2,1-2H3,(H,21,23)(H,22,24)/t13-,21?;10-,16+/m00/s1. The number of methoxy groups -OCH3 is 1. The number of carbonyl (C=O) groups is 6. The third-order valence-electron chi connectivity index (χ3n) is 8.29. The second-order valence-corrected chi connectivity index (χ2v) is 14.8. The number of thiophene rings is 2. The molecule has 5 rings (SSSR count). The van der Waals surface area contributed by atoms with Gasteiger partial charge in [0, 0.05) is 21.7 Å². The Balaban J connectivity index is 0.000000265. The van der Waals surface area contributed by atoms with Gasteiger partial charge in [0.1, 0.15) is 35.4 Å². The number of ether oxygens (including phenoxy) is 2. The summed E-state index contributed by atoms with van der Waals surface area (Å²) in [4.78, 5) is 74.3. The normalized spacial score (nSPS) is 12.7. The zero-order chi connectivity index (χ0) is 43.2. The number of halogens is 4. The van der Waals surface area contributed by atoms with E-state index in [1.165, 1.54) is 32.3 Å². The van der Waals surface area contributed by atoms with Gasteiger partial charge in [0.25, 0.3) is 0 Å². The van der Waals surface area contributed by atoms with Gasteiger partial charge >= 0.3 is 11.9 Å². The van der Waals surface area contributed by atoms with Crippen molar-refractivity contribution in [2.75, 3.05) is 13.7 Å². The second kappa shape index (κ2) is 21.6. The van der Waals surface area contributed by atoms with Crippen LogP contribution in [0.4, 0.5) is 17.6 Å². The van der Waals surface area contributed by atoms with Crippen LogP contribution in [0.1, 0.15) is 54.4 Å². The van der Waals surface area contributed by atoms with E-state index in [1.54, 1.807) is 47.9 Å². The van der Waals surface area contributed by atoms with Crippen LogP contribution in [0, 0.1) is 23.3 Å². The Hall–Kier alpha value is -6.14. The minimum absolute atomic E-state index is 0.140. The largest absolute Gasteiger partial charge is 0.467 e. The van der Waals surface area contributed by atoms with Crippen LogP contribution in [-0.2, 0) is 51.1 Å². The number of hydrogen-bond acceptors (Lipinski definition) is 10. The van der Waals surface area contributed by atoms with Crippen molar-refractivity contribution in [3.8, 4) is 0 Å². The maximum absolute atomic E-state index is 13.3. The molecule has 18 heteroatoms. The van der Waals surface area contributed by atoms with Crippen LogP contribution >= 0.6 is 22.7 Å². The highest BCUT2D eigenvalue weighted by Crippen LogP contribution is 2.26. The highest BCUT2D eigenvalue weighted by molar-refractivity contribution is 7.17. The Bertz CT molecular complexity index is 2250. The van der Waals surface area contributed by atoms with E-state index in [0.29, 0.717) is 22.6 Å². The molecule has 4 atom stereocenters. The lowest BCUT2D eigenvalue weighted by atomic mass is 10.0. The zero-order valence-corrected chi connectivity index (χ0v) is 33.7. The second-order valence-electron chi connectivity index (χ2n) is 12.9. The minimum atomic E-state index is -1.05. The molecule has 0 radical (unpaired) electrons. The van der Waals surface area contributed by atoms with Gasteiger partial charge in [0.2, 0.25) is 23.6 Å². The molecular weight excluding hydrogens is 817 g/mol. The molecule has 0 spiro atoms. The van der Waals surface area contributed by atoms with Gasteiger partial charge in [0.05, 0.1) is 26.6 Å². The average molecular weight is 857 g/mol. The van der Waals surface area contributed by atoms with Gasteiger partial charge in [-0.3, -0.25) is 19.2 Å². The molecule has 0 saturated carbocycles. The summed E-state index contributed by atoms with van der Waals surface area (Å²) in [7, 11) is 1.21. The van der Waals surface area contributed by atoms with Crippen molar-refractivity contribution in [1.29, 1.82) is 0 Å². The van der Waals surface area contributed by atoms with Crippen LogP contribution in [0.3, 0.4) is 0 Å². The van der Waals surface area contributed by atoms with Gasteiger partial charge in [-0.2, -0.15) is 0 Å². The van der Waals surface area contributed by atoms with Crippen molar-refractivity contribution >= 4 is 68.3 Å². The quantitative estimate of drug-likeness (QED) is 0.0763. The maximum Gasteiger partial charge on any atom is 0.333 e. The van der Waals surface area contributed by atoms with Crippen molar-refractivity contribution in [3.63, 3.8) is 0 Å². The van der Waals surface area contributed by atoms with Gasteiger partial charge in [-0.1, -0.05) is 12.1 Å². The summed E-state index contributed by atoms with van der Waals surface area (Å²) in [5.41, 5.74) is 0.834. The number of fused-ring (bicyclic) bond motifs is 1. The first-order valence-electron chi connectivity index (χ1n) is 17.9. The zero-order valence-electron chi connectivity index (χ0n) is 32.1. The Labute approximate surface area is 344 Å². The number of benzene rings is 3. The summed E-state index contributed by atoms with van der Waals surface area (Å²) < 4.78 is 63.8. The predicted octanol–water partition coefficient (Wildman–Crippen LogP) is 5.75. The van der Waals surface area contributed by atoms with E-state index in [0.717, 1.165) is 34.4 Å². The van der Waals surface area contributed by atoms with Crippen LogP contribution < -0.4 is 21.3 Å². The van der Waals surface area contributed by atoms with Gasteiger partial charge in [0.15, 0.2) is 12.1 Å². The fourth-order valence-electron chi connectivity index (χ4n) is 5.54. The number of amides is 4. The molecule has 1 unspecified atom stereocenters. The molecule has 0 aliphatic rings. The summed E-state index contributed by atoms with van der Waals surface area (Å²) in [6, 6.07) is 12.3. The smallest absolute Gasteiger partial charge is 0.333 e. The summed E-state index contributed by atoms with van der Waals surface area (Å²) in [6.45, 7) is 4.69. The van der Waals surface area contributed by atoms with Gasteiger partial charge in [-0.25, -0.2) is 27.2 Å². The molecule has 0 saturated heterocycles. The van der Waals surface area contributed by atoms with E-state index in [4.69, 9.17) is 9.47 Å². The third-order valence-corrected chi connectivity index (χ3v) is 10.1. The third kappa shape index (κ3) is 13.7. The van der Waals surface area contributed by atoms with Gasteiger partial charge in [-0.15, -0.1) is 22.7 Å². The van der Waals surface area contributed by atoms with Gasteiger partial charge < -0.3 is 30.7 Å². The van der Waals surface area contributed by atoms with Crippen molar-refractivity contribution in [2.24, 2.45) is 0 Å². The lowest BCUT2D eigenvalue weighted by Crippen LogP contribution is -2.47. The Morgan fingerprint density at radius 1 is 0.627 bits per heavy atom. The van der Waals surface area contributed by atoms with Crippen molar-refractivity contribution in [1.82, 2.24) is 21.3 Å². The van der Waals surface area contributed by atoms with Crippen LogP contribution in [0.5, 0.6) is 0 Å². The summed E-state index contributed by atoms with van der Waals surface area (Å²) in [5.74, 6) is -6.81. The number of carbonyl (C=O) groups excluding carboxylic acids is 6. The first-order valence-corrected chi connectivity index (χ1v) is 19.7. The number of rotatable bonds is 15. The van der Waals surface area contributed by atoms with E-state index in [9.17, 15) is 46.3 Å². The monoisotopic (exact) mass is 856 g/mol. The molecule has 5 aromatic rings. The molecule has 4 amide bonds. The fourth-order valence-corrected chi connectivity index (χ4v) is 7.07. The highest BCUT2D eigenvalue weighted by atomic mass is 32.1. The van der Waals surface area contributed by atoms with E-state index < -0.39 is 83.0 Å². The molecule has 312 valence electrons. The Kier molecular flexibility index (Phi) is 16.7.